The predicted molar refractivity (Wildman–Crippen MR) is 83.4 cm³/mol. The topological polar surface area (TPSA) is 102 Å². The summed E-state index contributed by atoms with van der Waals surface area (Å²) in [5.41, 5.74) is 0.885. The van der Waals surface area contributed by atoms with E-state index in [1.165, 1.54) is 31.4 Å². The molecule has 0 radical (unpaired) electrons. The smallest absolute Gasteiger partial charge is 0.269 e. The van der Waals surface area contributed by atoms with Gasteiger partial charge in [-0.05, 0) is 42.0 Å². The van der Waals surface area contributed by atoms with Crippen LogP contribution in [0.5, 0.6) is 5.75 Å². The number of hydrogen-bond donors (Lipinski definition) is 2. The van der Waals surface area contributed by atoms with E-state index in [2.05, 4.69) is 5.32 Å². The van der Waals surface area contributed by atoms with E-state index in [0.717, 1.165) is 0 Å². The minimum atomic E-state index is -0.946. The van der Waals surface area contributed by atoms with Crippen molar-refractivity contribution in [3.05, 3.63) is 69.8 Å². The zero-order valence-corrected chi connectivity index (χ0v) is 12.4. The second-order valence-electron chi connectivity index (χ2n) is 4.80. The minimum absolute atomic E-state index is 0.00265. The van der Waals surface area contributed by atoms with Crippen LogP contribution in [0.3, 0.4) is 0 Å². The lowest BCUT2D eigenvalue weighted by atomic mass is 10.1. The molecular weight excluding hydrogens is 300 g/mol. The minimum Gasteiger partial charge on any atom is -0.497 e. The molecule has 0 unspecified atom stereocenters. The first-order valence-corrected chi connectivity index (χ1v) is 6.86. The third kappa shape index (κ3) is 4.27. The van der Waals surface area contributed by atoms with E-state index in [1.54, 1.807) is 24.3 Å². The van der Waals surface area contributed by atoms with Crippen molar-refractivity contribution in [1.29, 1.82) is 0 Å². The average molecular weight is 316 g/mol. The first-order valence-electron chi connectivity index (χ1n) is 6.86. The van der Waals surface area contributed by atoms with Crippen molar-refractivity contribution in [1.82, 2.24) is 5.32 Å². The molecule has 0 aliphatic heterocycles. The van der Waals surface area contributed by atoms with Crippen LogP contribution in [0.15, 0.2) is 48.5 Å². The molecule has 2 aromatic rings. The van der Waals surface area contributed by atoms with E-state index in [4.69, 9.17) is 4.74 Å². The van der Waals surface area contributed by atoms with E-state index in [1.807, 2.05) is 0 Å². The number of nitro groups is 1. The van der Waals surface area contributed by atoms with E-state index >= 15 is 0 Å². The third-order valence-electron chi connectivity index (χ3n) is 3.30. The first kappa shape index (κ1) is 16.4. The molecular formula is C16H16N2O5. The van der Waals surface area contributed by atoms with Crippen molar-refractivity contribution in [3.8, 4) is 5.75 Å². The summed E-state index contributed by atoms with van der Waals surface area (Å²) in [5.74, 6) is 0.320. The van der Waals surface area contributed by atoms with Gasteiger partial charge in [-0.2, -0.15) is 0 Å². The molecule has 2 rings (SSSR count). The number of ether oxygens (including phenoxy) is 1. The zero-order chi connectivity index (χ0) is 16.8. The van der Waals surface area contributed by atoms with Gasteiger partial charge in [-0.15, -0.1) is 0 Å². The summed E-state index contributed by atoms with van der Waals surface area (Å²) >= 11 is 0. The maximum Gasteiger partial charge on any atom is 0.269 e. The molecule has 1 atom stereocenters. The molecule has 7 heteroatoms. The molecule has 0 saturated heterocycles. The van der Waals surface area contributed by atoms with Crippen LogP contribution in [-0.2, 0) is 0 Å². The van der Waals surface area contributed by atoms with Gasteiger partial charge in [0.05, 0.1) is 18.1 Å². The lowest BCUT2D eigenvalue weighted by Crippen LogP contribution is -2.28. The lowest BCUT2D eigenvalue weighted by Gasteiger charge is -2.12. The number of carbonyl (C=O) groups is 1. The Labute approximate surface area is 132 Å². The van der Waals surface area contributed by atoms with Gasteiger partial charge in [-0.25, -0.2) is 0 Å². The van der Waals surface area contributed by atoms with E-state index in [9.17, 15) is 20.0 Å². The molecule has 23 heavy (non-hydrogen) atoms. The number of hydrogen-bond acceptors (Lipinski definition) is 5. The Bertz CT molecular complexity index is 683. The number of nitro benzene ring substituents is 1. The number of nitrogens with zero attached hydrogens (tertiary/aromatic N) is 1. The van der Waals surface area contributed by atoms with E-state index < -0.39 is 11.0 Å². The van der Waals surface area contributed by atoms with Crippen LogP contribution in [0.1, 0.15) is 22.0 Å². The molecule has 0 saturated carbocycles. The molecule has 0 fully saturated rings. The number of methoxy groups -OCH3 is 1. The molecule has 0 heterocycles. The summed E-state index contributed by atoms with van der Waals surface area (Å²) in [5, 5.41) is 23.2. The Morgan fingerprint density at radius 2 is 1.83 bits per heavy atom. The quantitative estimate of drug-likeness (QED) is 0.627. The molecule has 1 amide bonds. The van der Waals surface area contributed by atoms with Crippen LogP contribution in [-0.4, -0.2) is 29.6 Å². The van der Waals surface area contributed by atoms with Gasteiger partial charge in [0.2, 0.25) is 0 Å². The Hall–Kier alpha value is -2.93. The van der Waals surface area contributed by atoms with Crippen molar-refractivity contribution < 1.29 is 19.6 Å². The fourth-order valence-corrected chi connectivity index (χ4v) is 1.97. The molecule has 0 bridgehead atoms. The average Bonchev–Trinajstić information content (AvgIpc) is 2.59. The number of carbonyl (C=O) groups excluding carboxylic acids is 1. The maximum atomic E-state index is 12.0. The van der Waals surface area contributed by atoms with Gasteiger partial charge >= 0.3 is 0 Å². The maximum absolute atomic E-state index is 12.0. The molecule has 0 aliphatic rings. The van der Waals surface area contributed by atoms with Crippen LogP contribution in [0, 0.1) is 10.1 Å². The zero-order valence-electron chi connectivity index (χ0n) is 12.4. The summed E-state index contributed by atoms with van der Waals surface area (Å²) in [6.07, 6.45) is -0.946. The molecule has 0 spiro atoms. The fourth-order valence-electron chi connectivity index (χ4n) is 1.97. The van der Waals surface area contributed by atoms with Gasteiger partial charge in [-0.3, -0.25) is 14.9 Å². The summed E-state index contributed by atoms with van der Waals surface area (Å²) in [6, 6.07) is 12.1. The van der Waals surface area contributed by atoms with Gasteiger partial charge in [0.25, 0.3) is 11.6 Å². The fraction of sp³-hybridized carbons (Fsp3) is 0.188. The Balaban J connectivity index is 1.93. The van der Waals surface area contributed by atoms with Gasteiger partial charge in [0.15, 0.2) is 0 Å². The molecule has 0 aromatic heterocycles. The number of non-ortho nitro benzene ring substituents is 1. The molecule has 7 nitrogen and oxygen atoms in total. The summed E-state index contributed by atoms with van der Waals surface area (Å²) in [7, 11) is 1.54. The Kier molecular flexibility index (Phi) is 5.27. The number of rotatable bonds is 6. The highest BCUT2D eigenvalue weighted by atomic mass is 16.6. The summed E-state index contributed by atoms with van der Waals surface area (Å²) < 4.78 is 5.01. The molecule has 120 valence electrons. The Morgan fingerprint density at radius 3 is 2.35 bits per heavy atom. The van der Waals surface area contributed by atoms with Crippen LogP contribution in [0.4, 0.5) is 5.69 Å². The normalized spacial score (nSPS) is 11.6. The SMILES string of the molecule is COc1ccc(C(=O)NC[C@H](O)c2ccc([N+](=O)[O-])cc2)cc1. The first-order chi connectivity index (χ1) is 11.0. The number of amides is 1. The highest BCUT2D eigenvalue weighted by molar-refractivity contribution is 5.94. The van der Waals surface area contributed by atoms with Crippen LogP contribution in [0.25, 0.3) is 0 Å². The van der Waals surface area contributed by atoms with Crippen molar-refractivity contribution >= 4 is 11.6 Å². The van der Waals surface area contributed by atoms with Crippen LogP contribution < -0.4 is 10.1 Å². The molecule has 2 aromatic carbocycles. The van der Waals surface area contributed by atoms with Gasteiger partial charge in [0.1, 0.15) is 5.75 Å². The van der Waals surface area contributed by atoms with Crippen molar-refractivity contribution in [2.45, 2.75) is 6.10 Å². The van der Waals surface area contributed by atoms with E-state index in [0.29, 0.717) is 16.9 Å². The summed E-state index contributed by atoms with van der Waals surface area (Å²) in [4.78, 5) is 22.0. The van der Waals surface area contributed by atoms with E-state index in [-0.39, 0.29) is 18.1 Å². The molecule has 0 aliphatic carbocycles. The Morgan fingerprint density at radius 1 is 1.22 bits per heavy atom. The third-order valence-corrected chi connectivity index (χ3v) is 3.30. The van der Waals surface area contributed by atoms with Crippen molar-refractivity contribution in [2.75, 3.05) is 13.7 Å². The number of aliphatic hydroxyl groups is 1. The monoisotopic (exact) mass is 316 g/mol. The van der Waals surface area contributed by atoms with Gasteiger partial charge in [0, 0.05) is 24.2 Å². The highest BCUT2D eigenvalue weighted by Gasteiger charge is 2.12. The second kappa shape index (κ2) is 7.37. The molecule has 2 N–H and O–H groups in total. The predicted octanol–water partition coefficient (Wildman–Crippen LogP) is 2.07. The van der Waals surface area contributed by atoms with Gasteiger partial charge < -0.3 is 15.2 Å². The van der Waals surface area contributed by atoms with Crippen molar-refractivity contribution in [2.24, 2.45) is 0 Å². The lowest BCUT2D eigenvalue weighted by molar-refractivity contribution is -0.384. The standard InChI is InChI=1S/C16H16N2O5/c1-23-14-8-4-12(5-9-14)16(20)17-10-15(19)11-2-6-13(7-3-11)18(21)22/h2-9,15,19H,10H2,1H3,(H,17,20)/t15-/m0/s1. The second-order valence-corrected chi connectivity index (χ2v) is 4.80. The van der Waals surface area contributed by atoms with Crippen molar-refractivity contribution in [3.63, 3.8) is 0 Å². The number of benzene rings is 2. The number of aliphatic hydroxyl groups excluding tert-OH is 1. The highest BCUT2D eigenvalue weighted by Crippen LogP contribution is 2.17. The number of nitrogens with one attached hydrogen (secondary N) is 1. The van der Waals surface area contributed by atoms with Crippen LogP contribution in [0.2, 0.25) is 0 Å². The van der Waals surface area contributed by atoms with Crippen LogP contribution >= 0.6 is 0 Å². The largest absolute Gasteiger partial charge is 0.497 e. The van der Waals surface area contributed by atoms with Gasteiger partial charge in [-0.1, -0.05) is 0 Å². The summed E-state index contributed by atoms with van der Waals surface area (Å²) in [6.45, 7) is 0.00265.